The molecule has 3 aromatic carbocycles. The minimum atomic E-state index is -0.225. The fourth-order valence-corrected chi connectivity index (χ4v) is 4.61. The fraction of sp³-hybridized carbons (Fsp3) is 0.259. The molecule has 1 atom stereocenters. The first-order valence-electron chi connectivity index (χ1n) is 11.3. The van der Waals surface area contributed by atoms with Gasteiger partial charge in [-0.2, -0.15) is 0 Å². The van der Waals surface area contributed by atoms with Gasteiger partial charge in [-0.15, -0.1) is 0 Å². The van der Waals surface area contributed by atoms with E-state index in [1.165, 1.54) is 6.42 Å². The first-order valence-corrected chi connectivity index (χ1v) is 12.1. The number of carbonyl (C=O) groups is 2. The molecule has 0 spiro atoms. The Bertz CT molecular complexity index is 1130. The summed E-state index contributed by atoms with van der Waals surface area (Å²) in [4.78, 5) is 28.5. The third-order valence-corrected chi connectivity index (χ3v) is 6.65. The SMILES string of the molecule is CC(NC(=O)c1cc(NC(=O)c2ccccc2Br)ccc1N1CCCCC1)c1ccccc1. The van der Waals surface area contributed by atoms with Gasteiger partial charge in [0.1, 0.15) is 0 Å². The van der Waals surface area contributed by atoms with Crippen LogP contribution in [0, 0.1) is 0 Å². The molecule has 1 saturated heterocycles. The Morgan fingerprint density at radius 3 is 2.27 bits per heavy atom. The molecule has 33 heavy (non-hydrogen) atoms. The Morgan fingerprint density at radius 1 is 0.848 bits per heavy atom. The fourth-order valence-electron chi connectivity index (χ4n) is 4.15. The number of piperidine rings is 1. The lowest BCUT2D eigenvalue weighted by molar-refractivity contribution is 0.0939. The normalized spacial score (nSPS) is 14.4. The van der Waals surface area contributed by atoms with Crippen molar-refractivity contribution in [2.24, 2.45) is 0 Å². The Hall–Kier alpha value is -3.12. The van der Waals surface area contributed by atoms with Crippen molar-refractivity contribution in [3.63, 3.8) is 0 Å². The second kappa shape index (κ2) is 10.7. The molecule has 2 amide bonds. The zero-order chi connectivity index (χ0) is 23.2. The van der Waals surface area contributed by atoms with E-state index >= 15 is 0 Å². The van der Waals surface area contributed by atoms with Crippen molar-refractivity contribution in [3.8, 4) is 0 Å². The maximum Gasteiger partial charge on any atom is 0.256 e. The lowest BCUT2D eigenvalue weighted by Crippen LogP contribution is -2.33. The summed E-state index contributed by atoms with van der Waals surface area (Å²) in [6.45, 7) is 3.83. The van der Waals surface area contributed by atoms with Crippen LogP contribution in [0.25, 0.3) is 0 Å². The summed E-state index contributed by atoms with van der Waals surface area (Å²) >= 11 is 3.43. The van der Waals surface area contributed by atoms with Crippen LogP contribution in [0.3, 0.4) is 0 Å². The molecule has 3 aromatic rings. The molecule has 0 bridgehead atoms. The van der Waals surface area contributed by atoms with E-state index in [4.69, 9.17) is 0 Å². The highest BCUT2D eigenvalue weighted by atomic mass is 79.9. The number of nitrogens with one attached hydrogen (secondary N) is 2. The van der Waals surface area contributed by atoms with Crippen LogP contribution in [-0.2, 0) is 0 Å². The average Bonchev–Trinajstić information content (AvgIpc) is 2.85. The third-order valence-electron chi connectivity index (χ3n) is 5.96. The molecule has 1 fully saturated rings. The summed E-state index contributed by atoms with van der Waals surface area (Å²) in [5.41, 5.74) is 3.66. The first-order chi connectivity index (χ1) is 16.0. The molecule has 1 unspecified atom stereocenters. The topological polar surface area (TPSA) is 61.4 Å². The van der Waals surface area contributed by atoms with E-state index in [9.17, 15) is 9.59 Å². The maximum atomic E-state index is 13.4. The number of halogens is 1. The zero-order valence-corrected chi connectivity index (χ0v) is 20.3. The van der Waals surface area contributed by atoms with E-state index in [2.05, 4.69) is 31.5 Å². The van der Waals surface area contributed by atoms with Crippen molar-refractivity contribution in [1.82, 2.24) is 5.32 Å². The van der Waals surface area contributed by atoms with Crippen molar-refractivity contribution < 1.29 is 9.59 Å². The molecule has 5 nitrogen and oxygen atoms in total. The number of anilines is 2. The number of rotatable bonds is 6. The Balaban J connectivity index is 1.61. The molecule has 170 valence electrons. The lowest BCUT2D eigenvalue weighted by Gasteiger charge is -2.31. The van der Waals surface area contributed by atoms with E-state index in [-0.39, 0.29) is 17.9 Å². The van der Waals surface area contributed by atoms with E-state index in [0.717, 1.165) is 41.7 Å². The van der Waals surface area contributed by atoms with Crippen molar-refractivity contribution in [2.45, 2.75) is 32.2 Å². The zero-order valence-electron chi connectivity index (χ0n) is 18.7. The molecular weight excluding hydrogens is 478 g/mol. The highest BCUT2D eigenvalue weighted by Gasteiger charge is 2.21. The lowest BCUT2D eigenvalue weighted by atomic mass is 10.0. The van der Waals surface area contributed by atoms with Gasteiger partial charge in [-0.25, -0.2) is 0 Å². The second-order valence-corrected chi connectivity index (χ2v) is 9.17. The quantitative estimate of drug-likeness (QED) is 0.420. The number of hydrogen-bond acceptors (Lipinski definition) is 3. The van der Waals surface area contributed by atoms with E-state index in [1.807, 2.05) is 67.6 Å². The average molecular weight is 506 g/mol. The number of nitrogens with zero attached hydrogens (tertiary/aromatic N) is 1. The molecule has 0 aliphatic carbocycles. The number of hydrogen-bond donors (Lipinski definition) is 2. The largest absolute Gasteiger partial charge is 0.371 e. The third kappa shape index (κ3) is 5.63. The Kier molecular flexibility index (Phi) is 7.45. The van der Waals surface area contributed by atoms with E-state index in [0.29, 0.717) is 16.8 Å². The highest BCUT2D eigenvalue weighted by molar-refractivity contribution is 9.10. The molecule has 2 N–H and O–H groups in total. The maximum absolute atomic E-state index is 13.4. The van der Waals surface area contributed by atoms with Crippen molar-refractivity contribution in [3.05, 3.63) is 94.0 Å². The minimum Gasteiger partial charge on any atom is -0.371 e. The summed E-state index contributed by atoms with van der Waals surface area (Å²) in [5.74, 6) is -0.374. The van der Waals surface area contributed by atoms with Crippen LogP contribution in [-0.4, -0.2) is 24.9 Å². The van der Waals surface area contributed by atoms with Crippen molar-refractivity contribution in [2.75, 3.05) is 23.3 Å². The first kappa shape index (κ1) is 23.1. The number of carbonyl (C=O) groups excluding carboxylic acids is 2. The van der Waals surface area contributed by atoms with Gasteiger partial charge in [-0.3, -0.25) is 9.59 Å². The Morgan fingerprint density at radius 2 is 1.55 bits per heavy atom. The second-order valence-electron chi connectivity index (χ2n) is 8.32. The van der Waals surface area contributed by atoms with Crippen LogP contribution >= 0.6 is 15.9 Å². The van der Waals surface area contributed by atoms with Gasteiger partial charge in [-0.1, -0.05) is 42.5 Å². The standard InChI is InChI=1S/C27H28BrN3O2/c1-19(20-10-4-2-5-11-20)29-27(33)23-18-21(14-15-25(23)31-16-8-3-9-17-31)30-26(32)22-12-6-7-13-24(22)28/h2,4-7,10-15,18-19H,3,8-9,16-17H2,1H3,(H,29,33)(H,30,32). The summed E-state index contributed by atoms with van der Waals surface area (Å²) in [6.07, 6.45) is 3.44. The van der Waals surface area contributed by atoms with E-state index in [1.54, 1.807) is 12.1 Å². The van der Waals surface area contributed by atoms with Gasteiger partial charge >= 0.3 is 0 Å². The Labute approximate surface area is 203 Å². The van der Waals surface area contributed by atoms with Crippen molar-refractivity contribution in [1.29, 1.82) is 0 Å². The van der Waals surface area contributed by atoms with Crippen LogP contribution in [0.2, 0.25) is 0 Å². The van der Waals surface area contributed by atoms with E-state index < -0.39 is 0 Å². The highest BCUT2D eigenvalue weighted by Crippen LogP contribution is 2.28. The molecular formula is C27H28BrN3O2. The van der Waals surface area contributed by atoms with Gasteiger partial charge in [0.2, 0.25) is 0 Å². The van der Waals surface area contributed by atoms with Gasteiger partial charge in [0.15, 0.2) is 0 Å². The van der Waals surface area contributed by atoms with Crippen LogP contribution in [0.15, 0.2) is 77.3 Å². The van der Waals surface area contributed by atoms with Gasteiger partial charge in [-0.05, 0) is 78.0 Å². The smallest absolute Gasteiger partial charge is 0.256 e. The summed E-state index contributed by atoms with van der Waals surface area (Å²) in [7, 11) is 0. The van der Waals surface area contributed by atoms with Gasteiger partial charge in [0.05, 0.1) is 17.2 Å². The van der Waals surface area contributed by atoms with Crippen LogP contribution in [0.4, 0.5) is 11.4 Å². The van der Waals surface area contributed by atoms with Gasteiger partial charge < -0.3 is 15.5 Å². The summed E-state index contributed by atoms with van der Waals surface area (Å²) < 4.78 is 0.724. The monoisotopic (exact) mass is 505 g/mol. The molecule has 1 aliphatic heterocycles. The molecule has 1 heterocycles. The molecule has 0 saturated carbocycles. The van der Waals surface area contributed by atoms with Gasteiger partial charge in [0.25, 0.3) is 11.8 Å². The molecule has 4 rings (SSSR count). The summed E-state index contributed by atoms with van der Waals surface area (Å²) in [6, 6.07) is 22.7. The molecule has 0 aromatic heterocycles. The molecule has 1 aliphatic rings. The minimum absolute atomic E-state index is 0.133. The summed E-state index contributed by atoms with van der Waals surface area (Å²) in [5, 5.41) is 6.07. The van der Waals surface area contributed by atoms with Crippen LogP contribution < -0.4 is 15.5 Å². The number of benzene rings is 3. The number of amides is 2. The predicted molar refractivity (Wildman–Crippen MR) is 137 cm³/mol. The van der Waals surface area contributed by atoms with Crippen LogP contribution in [0.5, 0.6) is 0 Å². The van der Waals surface area contributed by atoms with Crippen molar-refractivity contribution >= 4 is 39.1 Å². The molecule has 6 heteroatoms. The predicted octanol–water partition coefficient (Wildman–Crippen LogP) is 6.18. The molecule has 0 radical (unpaired) electrons. The van der Waals surface area contributed by atoms with Gasteiger partial charge in [0, 0.05) is 28.9 Å². The van der Waals surface area contributed by atoms with Crippen LogP contribution in [0.1, 0.15) is 58.5 Å².